The van der Waals surface area contributed by atoms with Gasteiger partial charge in [-0.1, -0.05) is 6.42 Å². The monoisotopic (exact) mass is 253 g/mol. The van der Waals surface area contributed by atoms with Crippen LogP contribution in [0, 0.1) is 17.8 Å². The third-order valence-corrected chi connectivity index (χ3v) is 6.70. The second-order valence-electron chi connectivity index (χ2n) is 6.55. The van der Waals surface area contributed by atoms with E-state index in [4.69, 9.17) is 0 Å². The highest BCUT2D eigenvalue weighted by Crippen LogP contribution is 2.48. The first-order valence-electron chi connectivity index (χ1n) is 7.61. The minimum Gasteiger partial charge on any atom is -0.314 e. The van der Waals surface area contributed by atoms with E-state index in [0.717, 1.165) is 29.0 Å². The molecule has 0 radical (unpaired) electrons. The SMILES string of the molecule is CSC1CCC(NCC2CC3CCC2C3)CC1. The lowest BCUT2D eigenvalue weighted by molar-refractivity contribution is 0.286. The largest absolute Gasteiger partial charge is 0.314 e. The van der Waals surface area contributed by atoms with Crippen LogP contribution in [0.5, 0.6) is 0 Å². The van der Waals surface area contributed by atoms with Crippen molar-refractivity contribution in [3.05, 3.63) is 0 Å². The Morgan fingerprint density at radius 1 is 1.00 bits per heavy atom. The van der Waals surface area contributed by atoms with Gasteiger partial charge in [0.15, 0.2) is 0 Å². The van der Waals surface area contributed by atoms with Crippen molar-refractivity contribution in [2.45, 2.75) is 62.7 Å². The number of hydrogen-bond donors (Lipinski definition) is 1. The summed E-state index contributed by atoms with van der Waals surface area (Å²) in [7, 11) is 0. The third kappa shape index (κ3) is 2.84. The Balaban J connectivity index is 1.38. The number of rotatable bonds is 4. The Morgan fingerprint density at radius 2 is 1.82 bits per heavy atom. The first-order valence-corrected chi connectivity index (χ1v) is 8.90. The third-order valence-electron chi connectivity index (χ3n) is 5.56. The molecule has 0 heterocycles. The van der Waals surface area contributed by atoms with Crippen LogP contribution in [0.25, 0.3) is 0 Å². The van der Waals surface area contributed by atoms with Crippen LogP contribution in [-0.2, 0) is 0 Å². The summed E-state index contributed by atoms with van der Waals surface area (Å²) in [5.74, 6) is 3.24. The van der Waals surface area contributed by atoms with Crippen LogP contribution in [0.3, 0.4) is 0 Å². The van der Waals surface area contributed by atoms with Gasteiger partial charge in [-0.3, -0.25) is 0 Å². The molecule has 1 N–H and O–H groups in total. The molecular formula is C15H27NS. The van der Waals surface area contributed by atoms with Gasteiger partial charge in [-0.15, -0.1) is 0 Å². The maximum atomic E-state index is 3.88. The van der Waals surface area contributed by atoms with E-state index in [1.165, 1.54) is 45.1 Å². The molecule has 0 saturated heterocycles. The molecule has 3 aliphatic carbocycles. The molecule has 2 bridgehead atoms. The molecular weight excluding hydrogens is 226 g/mol. The maximum Gasteiger partial charge on any atom is 0.00679 e. The molecule has 0 spiro atoms. The number of fused-ring (bicyclic) bond motifs is 2. The topological polar surface area (TPSA) is 12.0 Å². The predicted octanol–water partition coefficient (Wildman–Crippen LogP) is 3.69. The summed E-state index contributed by atoms with van der Waals surface area (Å²) in [5, 5.41) is 4.84. The van der Waals surface area contributed by atoms with E-state index < -0.39 is 0 Å². The fourth-order valence-corrected chi connectivity index (χ4v) is 5.19. The van der Waals surface area contributed by atoms with Crippen LogP contribution in [0.15, 0.2) is 0 Å². The first kappa shape index (κ1) is 12.3. The van der Waals surface area contributed by atoms with Crippen molar-refractivity contribution in [2.24, 2.45) is 17.8 Å². The van der Waals surface area contributed by atoms with Crippen molar-refractivity contribution in [3.63, 3.8) is 0 Å². The molecule has 0 aromatic carbocycles. The zero-order valence-electron chi connectivity index (χ0n) is 11.2. The van der Waals surface area contributed by atoms with Crippen LogP contribution in [0.1, 0.15) is 51.4 Å². The quantitative estimate of drug-likeness (QED) is 0.820. The Kier molecular flexibility index (Phi) is 4.01. The highest BCUT2D eigenvalue weighted by molar-refractivity contribution is 7.99. The van der Waals surface area contributed by atoms with Crippen molar-refractivity contribution in [3.8, 4) is 0 Å². The average molecular weight is 253 g/mol. The lowest BCUT2D eigenvalue weighted by Gasteiger charge is -2.30. The van der Waals surface area contributed by atoms with E-state index in [2.05, 4.69) is 23.3 Å². The van der Waals surface area contributed by atoms with Crippen LogP contribution in [0.4, 0.5) is 0 Å². The van der Waals surface area contributed by atoms with Gasteiger partial charge in [0.25, 0.3) is 0 Å². The molecule has 3 aliphatic rings. The van der Waals surface area contributed by atoms with E-state index in [1.807, 2.05) is 0 Å². The summed E-state index contributed by atoms with van der Waals surface area (Å²) in [4.78, 5) is 0. The highest BCUT2D eigenvalue weighted by Gasteiger charge is 2.39. The molecule has 17 heavy (non-hydrogen) atoms. The minimum atomic E-state index is 0.845. The molecule has 3 atom stereocenters. The molecule has 3 fully saturated rings. The first-order chi connectivity index (χ1) is 8.35. The van der Waals surface area contributed by atoms with Gasteiger partial charge < -0.3 is 5.32 Å². The van der Waals surface area contributed by atoms with Crippen molar-refractivity contribution < 1.29 is 0 Å². The lowest BCUT2D eigenvalue weighted by atomic mass is 9.88. The molecule has 3 saturated carbocycles. The zero-order valence-corrected chi connectivity index (χ0v) is 12.0. The second-order valence-corrected chi connectivity index (χ2v) is 7.69. The van der Waals surface area contributed by atoms with Gasteiger partial charge in [-0.25, -0.2) is 0 Å². The van der Waals surface area contributed by atoms with Crippen molar-refractivity contribution >= 4 is 11.8 Å². The summed E-state index contributed by atoms with van der Waals surface area (Å²) in [5.41, 5.74) is 0. The fourth-order valence-electron chi connectivity index (χ4n) is 4.45. The Labute approximate surface area is 111 Å². The van der Waals surface area contributed by atoms with Crippen molar-refractivity contribution in [1.82, 2.24) is 5.32 Å². The van der Waals surface area contributed by atoms with E-state index >= 15 is 0 Å². The van der Waals surface area contributed by atoms with Gasteiger partial charge in [-0.2, -0.15) is 11.8 Å². The Morgan fingerprint density at radius 3 is 2.41 bits per heavy atom. The molecule has 0 aromatic rings. The molecule has 0 aliphatic heterocycles. The molecule has 0 amide bonds. The minimum absolute atomic E-state index is 0.845. The van der Waals surface area contributed by atoms with Crippen LogP contribution >= 0.6 is 11.8 Å². The van der Waals surface area contributed by atoms with E-state index in [9.17, 15) is 0 Å². The Bertz CT molecular complexity index is 247. The molecule has 2 heteroatoms. The molecule has 1 nitrogen and oxygen atoms in total. The molecule has 98 valence electrons. The molecule has 3 unspecified atom stereocenters. The maximum absolute atomic E-state index is 3.88. The van der Waals surface area contributed by atoms with Gasteiger partial charge in [-0.05, 0) is 75.5 Å². The molecule has 0 aromatic heterocycles. The smallest absolute Gasteiger partial charge is 0.00679 e. The summed E-state index contributed by atoms with van der Waals surface area (Å²) in [6.45, 7) is 1.33. The van der Waals surface area contributed by atoms with Gasteiger partial charge in [0.1, 0.15) is 0 Å². The van der Waals surface area contributed by atoms with Crippen molar-refractivity contribution in [1.29, 1.82) is 0 Å². The van der Waals surface area contributed by atoms with Crippen LogP contribution in [-0.4, -0.2) is 24.1 Å². The van der Waals surface area contributed by atoms with E-state index in [1.54, 1.807) is 12.8 Å². The van der Waals surface area contributed by atoms with Crippen LogP contribution < -0.4 is 5.32 Å². The van der Waals surface area contributed by atoms with Gasteiger partial charge in [0.2, 0.25) is 0 Å². The number of thioether (sulfide) groups is 1. The Hall–Kier alpha value is 0.310. The second kappa shape index (κ2) is 5.52. The standard InChI is InChI=1S/C15H27NS/c1-17-15-6-4-14(5-7-15)16-10-13-9-11-2-3-12(13)8-11/h11-16H,2-10H2,1H3. The lowest BCUT2D eigenvalue weighted by Crippen LogP contribution is -2.38. The van der Waals surface area contributed by atoms with Crippen molar-refractivity contribution in [2.75, 3.05) is 12.8 Å². The highest BCUT2D eigenvalue weighted by atomic mass is 32.2. The number of hydrogen-bond acceptors (Lipinski definition) is 2. The fraction of sp³-hybridized carbons (Fsp3) is 1.00. The number of nitrogens with one attached hydrogen (secondary N) is 1. The van der Waals surface area contributed by atoms with Crippen LogP contribution in [0.2, 0.25) is 0 Å². The summed E-state index contributed by atoms with van der Waals surface area (Å²) < 4.78 is 0. The average Bonchev–Trinajstić information content (AvgIpc) is 2.99. The predicted molar refractivity (Wildman–Crippen MR) is 76.5 cm³/mol. The van der Waals surface area contributed by atoms with Gasteiger partial charge >= 0.3 is 0 Å². The van der Waals surface area contributed by atoms with E-state index in [0.29, 0.717) is 0 Å². The summed E-state index contributed by atoms with van der Waals surface area (Å²) in [6, 6.07) is 0.845. The molecule has 3 rings (SSSR count). The van der Waals surface area contributed by atoms with Gasteiger partial charge in [0.05, 0.1) is 0 Å². The zero-order chi connectivity index (χ0) is 11.7. The summed E-state index contributed by atoms with van der Waals surface area (Å²) >= 11 is 2.07. The van der Waals surface area contributed by atoms with Gasteiger partial charge in [0, 0.05) is 11.3 Å². The normalized spacial score (nSPS) is 45.4. The summed E-state index contributed by atoms with van der Waals surface area (Å²) in [6.07, 6.45) is 14.2. The van der Waals surface area contributed by atoms with E-state index in [-0.39, 0.29) is 0 Å².